The Morgan fingerprint density at radius 2 is 1.64 bits per heavy atom. The first kappa shape index (κ1) is 15.3. The number of para-hydroxylation sites is 2. The Kier molecular flexibility index (Phi) is 3.66. The molecule has 0 saturated carbocycles. The van der Waals surface area contributed by atoms with Gasteiger partial charge in [0.1, 0.15) is 0 Å². The molecule has 0 aliphatic heterocycles. The Labute approximate surface area is 147 Å². The van der Waals surface area contributed by atoms with Crippen molar-refractivity contribution in [1.29, 1.82) is 0 Å². The van der Waals surface area contributed by atoms with Crippen LogP contribution >= 0.6 is 0 Å². The summed E-state index contributed by atoms with van der Waals surface area (Å²) in [6, 6.07) is 23.4. The van der Waals surface area contributed by atoms with Gasteiger partial charge in [-0.15, -0.1) is 0 Å². The first-order chi connectivity index (χ1) is 12.2. The predicted octanol–water partition coefficient (Wildman–Crippen LogP) is 6.02. The zero-order valence-electron chi connectivity index (χ0n) is 14.3. The highest BCUT2D eigenvalue weighted by atomic mass is 15.0. The Morgan fingerprint density at radius 1 is 0.920 bits per heavy atom. The van der Waals surface area contributed by atoms with Crippen molar-refractivity contribution in [2.45, 2.75) is 0 Å². The second-order valence-electron chi connectivity index (χ2n) is 6.08. The van der Waals surface area contributed by atoms with Crippen LogP contribution in [-0.2, 0) is 0 Å². The van der Waals surface area contributed by atoms with E-state index >= 15 is 0 Å². The molecule has 0 spiro atoms. The molecule has 0 radical (unpaired) electrons. The maximum atomic E-state index is 4.14. The van der Waals surface area contributed by atoms with Gasteiger partial charge >= 0.3 is 0 Å². The van der Waals surface area contributed by atoms with Crippen molar-refractivity contribution in [2.24, 2.45) is 0 Å². The third-order valence-corrected chi connectivity index (χ3v) is 4.69. The molecule has 25 heavy (non-hydrogen) atoms. The number of anilines is 1. The van der Waals surface area contributed by atoms with E-state index in [-0.39, 0.29) is 0 Å². The van der Waals surface area contributed by atoms with Gasteiger partial charge in [-0.2, -0.15) is 0 Å². The highest BCUT2D eigenvalue weighted by Gasteiger charge is 2.15. The lowest BCUT2D eigenvalue weighted by molar-refractivity contribution is 1.18. The third kappa shape index (κ3) is 2.34. The van der Waals surface area contributed by atoms with Crippen LogP contribution in [0.25, 0.3) is 33.1 Å². The molecule has 3 aromatic carbocycles. The monoisotopic (exact) mass is 324 g/mol. The fourth-order valence-corrected chi connectivity index (χ4v) is 3.45. The van der Waals surface area contributed by atoms with Crippen LogP contribution in [0.5, 0.6) is 0 Å². The van der Waals surface area contributed by atoms with E-state index in [1.807, 2.05) is 13.1 Å². The quantitative estimate of drug-likeness (QED) is 0.454. The fourth-order valence-electron chi connectivity index (χ4n) is 3.45. The van der Waals surface area contributed by atoms with Crippen molar-refractivity contribution in [3.63, 3.8) is 0 Å². The van der Waals surface area contributed by atoms with E-state index in [0.29, 0.717) is 0 Å². The van der Waals surface area contributed by atoms with Crippen LogP contribution < -0.4 is 5.32 Å². The molecule has 0 amide bonds. The Morgan fingerprint density at radius 3 is 2.36 bits per heavy atom. The van der Waals surface area contributed by atoms with E-state index in [1.165, 1.54) is 21.8 Å². The third-order valence-electron chi connectivity index (χ3n) is 4.69. The second-order valence-corrected chi connectivity index (χ2v) is 6.08. The molecule has 0 aliphatic rings. The summed E-state index contributed by atoms with van der Waals surface area (Å²) in [5, 5.41) is 5.76. The van der Waals surface area contributed by atoms with Gasteiger partial charge in [0.05, 0.1) is 11.0 Å². The lowest BCUT2D eigenvalue weighted by atomic mass is 10.0. The molecule has 0 bridgehead atoms. The fraction of sp³-hybridized carbons (Fsp3) is 0.0435. The summed E-state index contributed by atoms with van der Waals surface area (Å²) in [5.74, 6) is 0. The molecule has 0 saturated heterocycles. The Bertz CT molecular complexity index is 1100. The standard InChI is InChI=1S/C23H20N2/c1-4-16(2)19-14-20-18-12-8-9-13-22(18)25(17-10-6-5-7-11-17)23(20)15-21(19)24-3/h4-15,24H,1-2H2,3H3. The van der Waals surface area contributed by atoms with Gasteiger partial charge in [-0.1, -0.05) is 55.6 Å². The summed E-state index contributed by atoms with van der Waals surface area (Å²) in [6.07, 6.45) is 1.80. The van der Waals surface area contributed by atoms with Crippen LogP contribution in [-0.4, -0.2) is 11.6 Å². The van der Waals surface area contributed by atoms with E-state index < -0.39 is 0 Å². The van der Waals surface area contributed by atoms with Gasteiger partial charge in [0.15, 0.2) is 0 Å². The predicted molar refractivity (Wildman–Crippen MR) is 110 cm³/mol. The lowest BCUT2D eigenvalue weighted by Gasteiger charge is -2.12. The largest absolute Gasteiger partial charge is 0.388 e. The Hall–Kier alpha value is -3.26. The number of nitrogens with one attached hydrogen (secondary N) is 1. The summed E-state index contributed by atoms with van der Waals surface area (Å²) in [5.41, 5.74) is 6.59. The smallest absolute Gasteiger partial charge is 0.0562 e. The van der Waals surface area contributed by atoms with Crippen molar-refractivity contribution in [3.8, 4) is 5.69 Å². The van der Waals surface area contributed by atoms with E-state index in [2.05, 4.69) is 83.7 Å². The van der Waals surface area contributed by atoms with Gasteiger partial charge in [0.2, 0.25) is 0 Å². The molecular formula is C23H20N2. The molecule has 2 heteroatoms. The summed E-state index contributed by atoms with van der Waals surface area (Å²) in [4.78, 5) is 0. The average molecular weight is 324 g/mol. The Balaban J connectivity index is 2.17. The van der Waals surface area contributed by atoms with Crippen LogP contribution in [0, 0.1) is 0 Å². The molecule has 1 N–H and O–H groups in total. The second kappa shape index (κ2) is 5.99. The topological polar surface area (TPSA) is 17.0 Å². The summed E-state index contributed by atoms with van der Waals surface area (Å²) in [7, 11) is 1.94. The minimum Gasteiger partial charge on any atom is -0.388 e. The summed E-state index contributed by atoms with van der Waals surface area (Å²) < 4.78 is 2.31. The maximum absolute atomic E-state index is 4.14. The minimum atomic E-state index is 0.919. The van der Waals surface area contributed by atoms with Crippen LogP contribution in [0.4, 0.5) is 5.69 Å². The van der Waals surface area contributed by atoms with E-state index in [4.69, 9.17) is 0 Å². The van der Waals surface area contributed by atoms with Gasteiger partial charge in [0.25, 0.3) is 0 Å². The number of hydrogen-bond donors (Lipinski definition) is 1. The first-order valence-electron chi connectivity index (χ1n) is 8.36. The van der Waals surface area contributed by atoms with Gasteiger partial charge in [-0.05, 0) is 35.9 Å². The molecule has 4 rings (SSSR count). The molecule has 0 fully saturated rings. The van der Waals surface area contributed by atoms with Crippen molar-refractivity contribution in [2.75, 3.05) is 12.4 Å². The molecular weight excluding hydrogens is 304 g/mol. The number of allylic oxidation sites excluding steroid dienone is 2. The van der Waals surface area contributed by atoms with E-state index in [1.54, 1.807) is 6.08 Å². The first-order valence-corrected chi connectivity index (χ1v) is 8.36. The zero-order chi connectivity index (χ0) is 17.4. The summed E-state index contributed by atoms with van der Waals surface area (Å²) in [6.45, 7) is 8.01. The highest BCUT2D eigenvalue weighted by Crippen LogP contribution is 2.37. The van der Waals surface area contributed by atoms with Gasteiger partial charge in [-0.25, -0.2) is 0 Å². The molecule has 0 aliphatic carbocycles. The number of rotatable bonds is 4. The van der Waals surface area contributed by atoms with E-state index in [9.17, 15) is 0 Å². The van der Waals surface area contributed by atoms with Gasteiger partial charge < -0.3 is 9.88 Å². The molecule has 4 aromatic rings. The lowest BCUT2D eigenvalue weighted by Crippen LogP contribution is -1.97. The molecule has 2 nitrogen and oxygen atoms in total. The summed E-state index contributed by atoms with van der Waals surface area (Å²) >= 11 is 0. The molecule has 1 aromatic heterocycles. The molecule has 0 atom stereocenters. The highest BCUT2D eigenvalue weighted by molar-refractivity contribution is 6.11. The van der Waals surface area contributed by atoms with Crippen molar-refractivity contribution in [3.05, 3.63) is 91.5 Å². The van der Waals surface area contributed by atoms with E-state index in [0.717, 1.165) is 22.5 Å². The molecule has 1 heterocycles. The number of nitrogens with zero attached hydrogens (tertiary/aromatic N) is 1. The SMILES string of the molecule is C=CC(=C)c1cc2c3ccccc3n(-c3ccccc3)c2cc1NC. The molecule has 122 valence electrons. The average Bonchev–Trinajstić information content (AvgIpc) is 3.00. The van der Waals surface area contributed by atoms with Crippen LogP contribution in [0.15, 0.2) is 86.0 Å². The molecule has 0 unspecified atom stereocenters. The van der Waals surface area contributed by atoms with Crippen LogP contribution in [0.1, 0.15) is 5.56 Å². The van der Waals surface area contributed by atoms with Crippen LogP contribution in [0.2, 0.25) is 0 Å². The van der Waals surface area contributed by atoms with Gasteiger partial charge in [0, 0.05) is 34.8 Å². The van der Waals surface area contributed by atoms with Gasteiger partial charge in [-0.3, -0.25) is 0 Å². The number of aromatic nitrogens is 1. The van der Waals surface area contributed by atoms with Crippen molar-refractivity contribution in [1.82, 2.24) is 4.57 Å². The van der Waals surface area contributed by atoms with Crippen LogP contribution in [0.3, 0.4) is 0 Å². The normalized spacial score (nSPS) is 10.9. The number of benzene rings is 3. The van der Waals surface area contributed by atoms with Crippen molar-refractivity contribution < 1.29 is 0 Å². The maximum Gasteiger partial charge on any atom is 0.0562 e. The zero-order valence-corrected chi connectivity index (χ0v) is 14.3. The number of fused-ring (bicyclic) bond motifs is 3. The minimum absolute atomic E-state index is 0.919. The van der Waals surface area contributed by atoms with Crippen molar-refractivity contribution >= 4 is 33.1 Å². The number of hydrogen-bond acceptors (Lipinski definition) is 1.